The summed E-state index contributed by atoms with van der Waals surface area (Å²) in [4.78, 5) is 27.2. The molecule has 7 nitrogen and oxygen atoms in total. The third-order valence-corrected chi connectivity index (χ3v) is 5.45. The van der Waals surface area contributed by atoms with E-state index in [-0.39, 0.29) is 12.5 Å². The van der Waals surface area contributed by atoms with Crippen LogP contribution in [-0.2, 0) is 9.53 Å². The lowest BCUT2D eigenvalue weighted by Crippen LogP contribution is -2.45. The summed E-state index contributed by atoms with van der Waals surface area (Å²) < 4.78 is 5.19. The summed E-state index contributed by atoms with van der Waals surface area (Å²) in [6, 6.07) is 2.07. The maximum Gasteiger partial charge on any atom is 0.248 e. The van der Waals surface area contributed by atoms with Crippen molar-refractivity contribution >= 4 is 11.7 Å². The number of hydrogen-bond acceptors (Lipinski definition) is 6. The van der Waals surface area contributed by atoms with Gasteiger partial charge in [0.25, 0.3) is 0 Å². The number of rotatable bonds is 4. The summed E-state index contributed by atoms with van der Waals surface area (Å²) in [5.41, 5.74) is 1.02. The highest BCUT2D eigenvalue weighted by Crippen LogP contribution is 2.33. The fourth-order valence-electron chi connectivity index (χ4n) is 4.12. The summed E-state index contributed by atoms with van der Waals surface area (Å²) in [5.74, 6) is 2.61. The third kappa shape index (κ3) is 3.23. The third-order valence-electron chi connectivity index (χ3n) is 5.45. The van der Waals surface area contributed by atoms with Crippen molar-refractivity contribution in [3.05, 3.63) is 18.1 Å². The van der Waals surface area contributed by atoms with Crippen LogP contribution in [0.2, 0.25) is 0 Å². The van der Waals surface area contributed by atoms with Crippen LogP contribution in [0.1, 0.15) is 5.69 Å². The molecule has 0 aromatic carbocycles. The van der Waals surface area contributed by atoms with E-state index in [4.69, 9.17) is 4.74 Å². The SMILES string of the molecule is Cc1cc(N2CC3CN(CCN4CCOCC4=O)CC3C2)ncn1. The van der Waals surface area contributed by atoms with Gasteiger partial charge in [-0.05, 0) is 18.8 Å². The summed E-state index contributed by atoms with van der Waals surface area (Å²) in [6.07, 6.45) is 1.66. The smallest absolute Gasteiger partial charge is 0.248 e. The highest BCUT2D eigenvalue weighted by atomic mass is 16.5. The highest BCUT2D eigenvalue weighted by Gasteiger charge is 2.40. The minimum Gasteiger partial charge on any atom is -0.370 e. The topological polar surface area (TPSA) is 61.8 Å². The molecular weight excluding hydrogens is 306 g/mol. The van der Waals surface area contributed by atoms with E-state index in [1.54, 1.807) is 6.33 Å². The number of hydrogen-bond donors (Lipinski definition) is 0. The number of fused-ring (bicyclic) bond motifs is 1. The number of morpholine rings is 1. The molecule has 2 atom stereocenters. The van der Waals surface area contributed by atoms with Gasteiger partial charge in [-0.15, -0.1) is 0 Å². The zero-order chi connectivity index (χ0) is 16.5. The maximum absolute atomic E-state index is 11.8. The second-order valence-electron chi connectivity index (χ2n) is 7.14. The highest BCUT2D eigenvalue weighted by molar-refractivity contribution is 5.77. The van der Waals surface area contributed by atoms with E-state index >= 15 is 0 Å². The molecule has 0 radical (unpaired) electrons. The Labute approximate surface area is 142 Å². The van der Waals surface area contributed by atoms with Crippen molar-refractivity contribution in [1.29, 1.82) is 0 Å². The molecule has 3 saturated heterocycles. The predicted octanol–water partition coefficient (Wildman–Crippen LogP) is 0.0118. The van der Waals surface area contributed by atoms with Crippen LogP contribution in [0.3, 0.4) is 0 Å². The van der Waals surface area contributed by atoms with Crippen molar-refractivity contribution < 1.29 is 9.53 Å². The molecule has 0 N–H and O–H groups in total. The Kier molecular flexibility index (Phi) is 4.37. The van der Waals surface area contributed by atoms with E-state index in [1.807, 2.05) is 11.8 Å². The molecule has 3 aliphatic rings. The molecule has 4 heterocycles. The van der Waals surface area contributed by atoms with Crippen LogP contribution in [0.4, 0.5) is 5.82 Å². The monoisotopic (exact) mass is 331 g/mol. The first-order valence-electron chi connectivity index (χ1n) is 8.80. The number of carbonyl (C=O) groups excluding carboxylic acids is 1. The van der Waals surface area contributed by atoms with E-state index in [2.05, 4.69) is 25.8 Å². The quantitative estimate of drug-likeness (QED) is 0.775. The molecule has 3 fully saturated rings. The summed E-state index contributed by atoms with van der Waals surface area (Å²) in [6.45, 7) is 9.89. The Morgan fingerprint density at radius 1 is 1.17 bits per heavy atom. The Hall–Kier alpha value is -1.73. The second kappa shape index (κ2) is 6.64. The van der Waals surface area contributed by atoms with Crippen molar-refractivity contribution in [3.8, 4) is 0 Å². The largest absolute Gasteiger partial charge is 0.370 e. The predicted molar refractivity (Wildman–Crippen MR) is 89.8 cm³/mol. The number of likely N-dealkylation sites (tertiary alicyclic amines) is 1. The van der Waals surface area contributed by atoms with E-state index < -0.39 is 0 Å². The number of ether oxygens (including phenoxy) is 1. The molecule has 4 rings (SSSR count). The van der Waals surface area contributed by atoms with Crippen LogP contribution in [0.5, 0.6) is 0 Å². The molecular formula is C17H25N5O2. The van der Waals surface area contributed by atoms with Crippen molar-refractivity contribution in [2.45, 2.75) is 6.92 Å². The van der Waals surface area contributed by atoms with Gasteiger partial charge in [0.2, 0.25) is 5.91 Å². The minimum absolute atomic E-state index is 0.131. The average molecular weight is 331 g/mol. The summed E-state index contributed by atoms with van der Waals surface area (Å²) >= 11 is 0. The van der Waals surface area contributed by atoms with Crippen LogP contribution in [0.15, 0.2) is 12.4 Å². The maximum atomic E-state index is 11.8. The molecule has 3 aliphatic heterocycles. The molecule has 0 spiro atoms. The number of nitrogens with zero attached hydrogens (tertiary/aromatic N) is 5. The minimum atomic E-state index is 0.131. The molecule has 1 aromatic rings. The number of amides is 1. The number of carbonyl (C=O) groups is 1. The first kappa shape index (κ1) is 15.8. The zero-order valence-electron chi connectivity index (χ0n) is 14.2. The van der Waals surface area contributed by atoms with Gasteiger partial charge in [-0.25, -0.2) is 9.97 Å². The molecule has 0 bridgehead atoms. The van der Waals surface area contributed by atoms with Gasteiger partial charge in [0.1, 0.15) is 18.8 Å². The van der Waals surface area contributed by atoms with Gasteiger partial charge in [0, 0.05) is 57.6 Å². The number of aryl methyl sites for hydroxylation is 1. The summed E-state index contributed by atoms with van der Waals surface area (Å²) in [5, 5.41) is 0. The number of aromatic nitrogens is 2. The fourth-order valence-corrected chi connectivity index (χ4v) is 4.12. The second-order valence-corrected chi connectivity index (χ2v) is 7.14. The van der Waals surface area contributed by atoms with Crippen LogP contribution in [-0.4, -0.2) is 84.7 Å². The lowest BCUT2D eigenvalue weighted by atomic mass is 10.0. The molecule has 1 aromatic heterocycles. The van der Waals surface area contributed by atoms with Crippen LogP contribution < -0.4 is 4.90 Å². The van der Waals surface area contributed by atoms with Crippen molar-refractivity contribution in [2.75, 3.05) is 63.9 Å². The van der Waals surface area contributed by atoms with Crippen molar-refractivity contribution in [2.24, 2.45) is 11.8 Å². The van der Waals surface area contributed by atoms with E-state index in [9.17, 15) is 4.79 Å². The van der Waals surface area contributed by atoms with E-state index in [0.717, 1.165) is 57.3 Å². The van der Waals surface area contributed by atoms with Crippen molar-refractivity contribution in [1.82, 2.24) is 19.8 Å². The van der Waals surface area contributed by atoms with Crippen LogP contribution in [0, 0.1) is 18.8 Å². The van der Waals surface area contributed by atoms with Gasteiger partial charge in [-0.1, -0.05) is 0 Å². The lowest BCUT2D eigenvalue weighted by molar-refractivity contribution is -0.142. The van der Waals surface area contributed by atoms with Gasteiger partial charge >= 0.3 is 0 Å². The van der Waals surface area contributed by atoms with Crippen molar-refractivity contribution in [3.63, 3.8) is 0 Å². The standard InChI is InChI=1S/C17H25N5O2/c1-13-6-16(19-12-18-13)22-9-14-7-20(8-15(14)10-22)2-3-21-4-5-24-11-17(21)23/h6,12,14-15H,2-5,7-11H2,1H3. The molecule has 1 amide bonds. The first-order chi connectivity index (χ1) is 11.7. The first-order valence-corrected chi connectivity index (χ1v) is 8.80. The lowest BCUT2D eigenvalue weighted by Gasteiger charge is -2.29. The fraction of sp³-hybridized carbons (Fsp3) is 0.706. The van der Waals surface area contributed by atoms with Crippen LogP contribution >= 0.6 is 0 Å². The Morgan fingerprint density at radius 2 is 1.96 bits per heavy atom. The Morgan fingerprint density at radius 3 is 2.67 bits per heavy atom. The molecule has 24 heavy (non-hydrogen) atoms. The molecule has 7 heteroatoms. The molecule has 0 aliphatic carbocycles. The molecule has 2 unspecified atom stereocenters. The summed E-state index contributed by atoms with van der Waals surface area (Å²) in [7, 11) is 0. The Bertz CT molecular complexity index is 596. The molecule has 130 valence electrons. The van der Waals surface area contributed by atoms with Gasteiger partial charge < -0.3 is 19.4 Å². The van der Waals surface area contributed by atoms with Gasteiger partial charge in [0.15, 0.2) is 0 Å². The van der Waals surface area contributed by atoms with Gasteiger partial charge in [0.05, 0.1) is 6.61 Å². The normalized spacial score (nSPS) is 27.8. The van der Waals surface area contributed by atoms with Gasteiger partial charge in [-0.3, -0.25) is 4.79 Å². The van der Waals surface area contributed by atoms with Gasteiger partial charge in [-0.2, -0.15) is 0 Å². The van der Waals surface area contributed by atoms with E-state index in [0.29, 0.717) is 18.4 Å². The zero-order valence-corrected chi connectivity index (χ0v) is 14.2. The number of anilines is 1. The van der Waals surface area contributed by atoms with Crippen LogP contribution in [0.25, 0.3) is 0 Å². The Balaban J connectivity index is 1.27. The molecule has 0 saturated carbocycles. The van der Waals surface area contributed by atoms with E-state index in [1.165, 1.54) is 0 Å². The average Bonchev–Trinajstić information content (AvgIpc) is 3.12.